The molecule has 0 aromatic heterocycles. The fourth-order valence-electron chi connectivity index (χ4n) is 3.46. The summed E-state index contributed by atoms with van der Waals surface area (Å²) in [6.07, 6.45) is 1.03. The summed E-state index contributed by atoms with van der Waals surface area (Å²) in [6, 6.07) is 18.4. The lowest BCUT2D eigenvalue weighted by Gasteiger charge is -2.28. The minimum absolute atomic E-state index is 0.200. The molecule has 0 spiro atoms. The number of ketones is 1. The summed E-state index contributed by atoms with van der Waals surface area (Å²) in [5.74, 6) is -0.344. The Morgan fingerprint density at radius 1 is 1.03 bits per heavy atom. The number of carbonyl (C=O) groups excluding carboxylic acids is 2. The van der Waals surface area contributed by atoms with Crippen LogP contribution in [0, 0.1) is 0 Å². The first-order valence-electron chi connectivity index (χ1n) is 10.5. The van der Waals surface area contributed by atoms with Crippen molar-refractivity contribution in [1.29, 1.82) is 0 Å². The predicted octanol–water partition coefficient (Wildman–Crippen LogP) is 4.76. The number of ether oxygens (including phenoxy) is 1. The molecule has 0 saturated heterocycles. The second-order valence-electron chi connectivity index (χ2n) is 7.54. The monoisotopic (exact) mass is 500 g/mol. The van der Waals surface area contributed by atoms with Gasteiger partial charge in [0.25, 0.3) is 0 Å². The molecule has 0 saturated carbocycles. The molecule has 34 heavy (non-hydrogen) atoms. The van der Waals surface area contributed by atoms with E-state index in [1.807, 2.05) is 6.92 Å². The van der Waals surface area contributed by atoms with Crippen molar-refractivity contribution in [3.05, 3.63) is 88.9 Å². The summed E-state index contributed by atoms with van der Waals surface area (Å²) in [4.78, 5) is 26.2. The molecule has 3 rings (SSSR count). The second-order valence-corrected chi connectivity index (χ2v) is 9.83. The van der Waals surface area contributed by atoms with Crippen LogP contribution < -0.4 is 14.4 Å². The van der Waals surface area contributed by atoms with Crippen molar-refractivity contribution in [3.8, 4) is 5.75 Å². The van der Waals surface area contributed by atoms with Crippen LogP contribution >= 0.6 is 11.6 Å². The molecular weight excluding hydrogens is 476 g/mol. The van der Waals surface area contributed by atoms with Crippen molar-refractivity contribution in [2.24, 2.45) is 0 Å². The van der Waals surface area contributed by atoms with Gasteiger partial charge in [0.15, 0.2) is 5.78 Å². The van der Waals surface area contributed by atoms with Crippen LogP contribution in [-0.2, 0) is 14.8 Å². The minimum Gasteiger partial charge on any atom is -0.494 e. The van der Waals surface area contributed by atoms with E-state index < -0.39 is 22.0 Å². The standard InChI is InChI=1S/C25H25ClN2O5S/c1-4-33-21-13-11-20(12-14-21)28(34(3,31)32)17(2)25(30)27-23-15-10-19(26)16-22(23)24(29)18-8-6-5-7-9-18/h5-17H,4H2,1-3H3,(H,27,30)/t17-/m0/s1. The van der Waals surface area contributed by atoms with E-state index in [0.29, 0.717) is 28.6 Å². The SMILES string of the molecule is CCOc1ccc(N([C@@H](C)C(=O)Nc2ccc(Cl)cc2C(=O)c2ccccc2)S(C)(=O)=O)cc1. The van der Waals surface area contributed by atoms with Crippen molar-refractivity contribution >= 4 is 44.7 Å². The van der Waals surface area contributed by atoms with Gasteiger partial charge in [-0.2, -0.15) is 0 Å². The van der Waals surface area contributed by atoms with Crippen LogP contribution in [0.25, 0.3) is 0 Å². The number of benzene rings is 3. The van der Waals surface area contributed by atoms with Crippen LogP contribution in [0.4, 0.5) is 11.4 Å². The molecular formula is C25H25ClN2O5S. The Balaban J connectivity index is 1.91. The van der Waals surface area contributed by atoms with Gasteiger partial charge in [0, 0.05) is 16.1 Å². The number of hydrogen-bond acceptors (Lipinski definition) is 5. The van der Waals surface area contributed by atoms with Crippen LogP contribution in [0.2, 0.25) is 5.02 Å². The van der Waals surface area contributed by atoms with Crippen molar-refractivity contribution in [3.63, 3.8) is 0 Å². The maximum Gasteiger partial charge on any atom is 0.248 e. The molecule has 3 aromatic rings. The number of rotatable bonds is 9. The van der Waals surface area contributed by atoms with Crippen LogP contribution in [0.15, 0.2) is 72.8 Å². The smallest absolute Gasteiger partial charge is 0.248 e. The molecule has 1 amide bonds. The molecule has 3 aromatic carbocycles. The lowest BCUT2D eigenvalue weighted by atomic mass is 10.0. The summed E-state index contributed by atoms with van der Waals surface area (Å²) in [6.45, 7) is 3.79. The van der Waals surface area contributed by atoms with Crippen LogP contribution in [0.1, 0.15) is 29.8 Å². The highest BCUT2D eigenvalue weighted by Gasteiger charge is 2.30. The molecule has 0 radical (unpaired) electrons. The number of nitrogens with zero attached hydrogens (tertiary/aromatic N) is 1. The molecule has 0 aliphatic rings. The van der Waals surface area contributed by atoms with Gasteiger partial charge >= 0.3 is 0 Å². The van der Waals surface area contributed by atoms with Gasteiger partial charge in [-0.25, -0.2) is 8.42 Å². The fourth-order valence-corrected chi connectivity index (χ4v) is 4.81. The van der Waals surface area contributed by atoms with E-state index in [2.05, 4.69) is 5.32 Å². The third kappa shape index (κ3) is 5.95. The average molecular weight is 501 g/mol. The highest BCUT2D eigenvalue weighted by Crippen LogP contribution is 2.27. The van der Waals surface area contributed by atoms with Gasteiger partial charge in [0.2, 0.25) is 15.9 Å². The Bertz CT molecular complexity index is 1280. The zero-order valence-corrected chi connectivity index (χ0v) is 20.6. The number of halogens is 1. The van der Waals surface area contributed by atoms with Gasteiger partial charge in [-0.1, -0.05) is 41.9 Å². The first-order valence-corrected chi connectivity index (χ1v) is 12.8. The van der Waals surface area contributed by atoms with Gasteiger partial charge in [0.05, 0.1) is 24.2 Å². The van der Waals surface area contributed by atoms with E-state index in [1.54, 1.807) is 60.7 Å². The summed E-state index contributed by atoms with van der Waals surface area (Å²) >= 11 is 6.11. The van der Waals surface area contributed by atoms with Crippen molar-refractivity contribution in [1.82, 2.24) is 0 Å². The summed E-state index contributed by atoms with van der Waals surface area (Å²) in [5, 5.41) is 3.02. The molecule has 178 valence electrons. The molecule has 0 heterocycles. The van der Waals surface area contributed by atoms with Crippen LogP contribution in [0.3, 0.4) is 0 Å². The molecule has 0 bridgehead atoms. The van der Waals surface area contributed by atoms with Gasteiger partial charge < -0.3 is 10.1 Å². The third-order valence-electron chi connectivity index (χ3n) is 5.01. The van der Waals surface area contributed by atoms with Gasteiger partial charge in [-0.3, -0.25) is 13.9 Å². The highest BCUT2D eigenvalue weighted by atomic mass is 35.5. The van der Waals surface area contributed by atoms with Crippen molar-refractivity contribution in [2.75, 3.05) is 22.5 Å². The Morgan fingerprint density at radius 2 is 1.68 bits per heavy atom. The van der Waals surface area contributed by atoms with Crippen molar-refractivity contribution < 1.29 is 22.7 Å². The molecule has 0 aliphatic heterocycles. The molecule has 7 nitrogen and oxygen atoms in total. The Kier molecular flexibility index (Phi) is 7.96. The lowest BCUT2D eigenvalue weighted by Crippen LogP contribution is -2.45. The molecule has 1 N–H and O–H groups in total. The number of nitrogens with one attached hydrogen (secondary N) is 1. The maximum atomic E-state index is 13.2. The topological polar surface area (TPSA) is 92.8 Å². The summed E-state index contributed by atoms with van der Waals surface area (Å²) in [7, 11) is -3.81. The zero-order chi connectivity index (χ0) is 24.9. The number of anilines is 2. The van der Waals surface area contributed by atoms with Crippen LogP contribution in [0.5, 0.6) is 5.75 Å². The average Bonchev–Trinajstić information content (AvgIpc) is 2.80. The largest absolute Gasteiger partial charge is 0.494 e. The first kappa shape index (κ1) is 25.3. The highest BCUT2D eigenvalue weighted by molar-refractivity contribution is 7.92. The number of sulfonamides is 1. The molecule has 0 aliphatic carbocycles. The van der Waals surface area contributed by atoms with E-state index in [-0.39, 0.29) is 17.0 Å². The summed E-state index contributed by atoms with van der Waals surface area (Å²) < 4.78 is 31.6. The van der Waals surface area contributed by atoms with E-state index in [1.165, 1.54) is 19.1 Å². The molecule has 0 unspecified atom stereocenters. The molecule has 0 fully saturated rings. The number of hydrogen-bond donors (Lipinski definition) is 1. The number of carbonyl (C=O) groups is 2. The first-order chi connectivity index (χ1) is 16.1. The Hall–Kier alpha value is -3.36. The molecule has 1 atom stereocenters. The Morgan fingerprint density at radius 3 is 2.26 bits per heavy atom. The lowest BCUT2D eigenvalue weighted by molar-refractivity contribution is -0.116. The van der Waals surface area contributed by atoms with E-state index in [0.717, 1.165) is 10.6 Å². The third-order valence-corrected chi connectivity index (χ3v) is 6.49. The van der Waals surface area contributed by atoms with E-state index in [4.69, 9.17) is 16.3 Å². The predicted molar refractivity (Wildman–Crippen MR) is 134 cm³/mol. The molecule has 9 heteroatoms. The second kappa shape index (κ2) is 10.7. The minimum atomic E-state index is -3.81. The van der Waals surface area contributed by atoms with Crippen molar-refractivity contribution in [2.45, 2.75) is 19.9 Å². The van der Waals surface area contributed by atoms with E-state index in [9.17, 15) is 18.0 Å². The zero-order valence-electron chi connectivity index (χ0n) is 19.0. The van der Waals surface area contributed by atoms with Gasteiger partial charge in [-0.05, 0) is 56.3 Å². The van der Waals surface area contributed by atoms with Gasteiger partial charge in [0.1, 0.15) is 11.8 Å². The maximum absolute atomic E-state index is 13.2. The van der Waals surface area contributed by atoms with E-state index >= 15 is 0 Å². The normalized spacial score (nSPS) is 12.0. The summed E-state index contributed by atoms with van der Waals surface area (Å²) in [5.41, 5.74) is 1.17. The Labute approximate surface area is 204 Å². The van der Waals surface area contributed by atoms with Gasteiger partial charge in [-0.15, -0.1) is 0 Å². The quantitative estimate of drug-likeness (QED) is 0.427. The fraction of sp³-hybridized carbons (Fsp3) is 0.200. The van der Waals surface area contributed by atoms with Crippen LogP contribution in [-0.4, -0.2) is 39.0 Å². The number of amides is 1.